The Labute approximate surface area is 176 Å². The zero-order valence-electron chi connectivity index (χ0n) is 15.3. The summed E-state index contributed by atoms with van der Waals surface area (Å²) in [5.74, 6) is 0. The van der Waals surface area contributed by atoms with Gasteiger partial charge in [-0.25, -0.2) is 4.68 Å². The van der Waals surface area contributed by atoms with E-state index >= 15 is 0 Å². The first-order chi connectivity index (χ1) is 13.8. The quantitative estimate of drug-likeness (QED) is 0.340. The first-order valence-electron chi connectivity index (χ1n) is 8.84. The summed E-state index contributed by atoms with van der Waals surface area (Å²) in [6.45, 7) is 0. The Kier molecular flexibility index (Phi) is 5.65. The highest BCUT2D eigenvalue weighted by atomic mass is 79.9. The molecule has 0 aliphatic heterocycles. The molecule has 4 rings (SSSR count). The van der Waals surface area contributed by atoms with Crippen molar-refractivity contribution >= 4 is 33.5 Å². The molecule has 3 nitrogen and oxygen atoms in total. The van der Waals surface area contributed by atoms with Crippen LogP contribution in [0.25, 0.3) is 22.4 Å². The summed E-state index contributed by atoms with van der Waals surface area (Å²) in [7, 11) is 1.79. The maximum atomic E-state index is 4.70. The van der Waals surface area contributed by atoms with Crippen molar-refractivity contribution in [3.8, 4) is 22.4 Å². The lowest BCUT2D eigenvalue weighted by Crippen LogP contribution is -2.11. The van der Waals surface area contributed by atoms with Gasteiger partial charge >= 0.3 is 0 Å². The van der Waals surface area contributed by atoms with Crippen LogP contribution in [0.5, 0.6) is 0 Å². The molecule has 3 aromatic carbocycles. The van der Waals surface area contributed by atoms with Gasteiger partial charge < -0.3 is 0 Å². The van der Waals surface area contributed by atoms with Gasteiger partial charge in [0.2, 0.25) is 4.80 Å². The molecule has 4 aromatic rings. The summed E-state index contributed by atoms with van der Waals surface area (Å²) in [6.07, 6.45) is 1.85. The van der Waals surface area contributed by atoms with Gasteiger partial charge in [0.05, 0.1) is 11.9 Å². The fraction of sp³-hybridized carbons (Fsp3) is 0.0435. The molecule has 0 bridgehead atoms. The van der Waals surface area contributed by atoms with E-state index in [9.17, 15) is 0 Å². The summed E-state index contributed by atoms with van der Waals surface area (Å²) in [4.78, 5) is 5.22. The van der Waals surface area contributed by atoms with Gasteiger partial charge in [0, 0.05) is 28.0 Å². The SMILES string of the molecule is CN=c1scc(-c2ccc(-c3ccccc3)cc2)n1/N=C/c1ccccc1Br. The fourth-order valence-electron chi connectivity index (χ4n) is 2.92. The Morgan fingerprint density at radius 1 is 0.821 bits per heavy atom. The Bertz CT molecular complexity index is 1170. The molecule has 0 saturated heterocycles. The van der Waals surface area contributed by atoms with Crippen LogP contribution in [0.2, 0.25) is 0 Å². The molecule has 1 aromatic heterocycles. The highest BCUT2D eigenvalue weighted by Crippen LogP contribution is 2.25. The van der Waals surface area contributed by atoms with Crippen molar-refractivity contribution in [2.75, 3.05) is 7.05 Å². The van der Waals surface area contributed by atoms with E-state index in [0.29, 0.717) is 0 Å². The van der Waals surface area contributed by atoms with Gasteiger partial charge in [0.1, 0.15) is 0 Å². The lowest BCUT2D eigenvalue weighted by Gasteiger charge is -2.06. The van der Waals surface area contributed by atoms with Gasteiger partial charge in [0.15, 0.2) is 0 Å². The first kappa shape index (κ1) is 18.6. The van der Waals surface area contributed by atoms with Crippen LogP contribution in [0.1, 0.15) is 5.56 Å². The van der Waals surface area contributed by atoms with Gasteiger partial charge in [-0.15, -0.1) is 11.3 Å². The van der Waals surface area contributed by atoms with Gasteiger partial charge in [-0.05, 0) is 17.2 Å². The molecule has 0 N–H and O–H groups in total. The molecule has 28 heavy (non-hydrogen) atoms. The lowest BCUT2D eigenvalue weighted by molar-refractivity contribution is 0.848. The van der Waals surface area contributed by atoms with Gasteiger partial charge in [-0.3, -0.25) is 4.99 Å². The maximum absolute atomic E-state index is 4.70. The molecule has 0 unspecified atom stereocenters. The number of hydrogen-bond acceptors (Lipinski definition) is 3. The molecule has 0 radical (unpaired) electrons. The Morgan fingerprint density at radius 2 is 1.46 bits per heavy atom. The largest absolute Gasteiger partial charge is 0.261 e. The van der Waals surface area contributed by atoms with Crippen molar-refractivity contribution in [1.29, 1.82) is 0 Å². The first-order valence-corrected chi connectivity index (χ1v) is 10.5. The predicted molar refractivity (Wildman–Crippen MR) is 122 cm³/mol. The predicted octanol–water partition coefficient (Wildman–Crippen LogP) is 6.06. The minimum atomic E-state index is 0.852. The minimum Gasteiger partial charge on any atom is -0.261 e. The maximum Gasteiger partial charge on any atom is 0.205 e. The normalized spacial score (nSPS) is 12.0. The average Bonchev–Trinajstić information content (AvgIpc) is 3.17. The third-order valence-corrected chi connectivity index (χ3v) is 6.01. The zero-order valence-corrected chi connectivity index (χ0v) is 17.7. The molecule has 5 heteroatoms. The molecule has 0 fully saturated rings. The zero-order chi connectivity index (χ0) is 19.3. The monoisotopic (exact) mass is 447 g/mol. The van der Waals surface area contributed by atoms with Gasteiger partial charge in [-0.2, -0.15) is 5.10 Å². The van der Waals surface area contributed by atoms with Crippen molar-refractivity contribution in [1.82, 2.24) is 4.68 Å². The van der Waals surface area contributed by atoms with Crippen molar-refractivity contribution in [3.63, 3.8) is 0 Å². The number of nitrogens with zero attached hydrogens (tertiary/aromatic N) is 3. The summed E-state index contributed by atoms with van der Waals surface area (Å²) in [6, 6.07) is 27.0. The van der Waals surface area contributed by atoms with E-state index in [1.165, 1.54) is 11.1 Å². The molecule has 0 atom stereocenters. The van der Waals surface area contributed by atoms with Crippen molar-refractivity contribution in [2.24, 2.45) is 10.1 Å². The number of halogens is 1. The van der Waals surface area contributed by atoms with Crippen molar-refractivity contribution in [3.05, 3.63) is 99.1 Å². The third-order valence-electron chi connectivity index (χ3n) is 4.38. The topological polar surface area (TPSA) is 29.6 Å². The van der Waals surface area contributed by atoms with E-state index in [2.05, 4.69) is 74.8 Å². The second kappa shape index (κ2) is 8.50. The number of hydrogen-bond donors (Lipinski definition) is 0. The van der Waals surface area contributed by atoms with Crippen molar-refractivity contribution in [2.45, 2.75) is 0 Å². The Balaban J connectivity index is 1.71. The molecule has 1 heterocycles. The van der Waals surface area contributed by atoms with E-state index in [4.69, 9.17) is 5.10 Å². The number of aromatic nitrogens is 1. The number of thiazole rings is 1. The Hall–Kier alpha value is -2.76. The van der Waals surface area contributed by atoms with E-state index in [-0.39, 0.29) is 0 Å². The molecular weight excluding hydrogens is 430 g/mol. The average molecular weight is 448 g/mol. The second-order valence-corrected chi connectivity index (χ2v) is 7.84. The van der Waals surface area contributed by atoms with Crippen LogP contribution in [0.15, 0.2) is 98.8 Å². The smallest absolute Gasteiger partial charge is 0.205 e. The van der Waals surface area contributed by atoms with Gasteiger partial charge in [0.25, 0.3) is 0 Å². The number of benzene rings is 3. The molecule has 0 saturated carbocycles. The lowest BCUT2D eigenvalue weighted by atomic mass is 10.0. The summed E-state index contributed by atoms with van der Waals surface area (Å²) in [5, 5.41) is 6.80. The molecule has 0 aliphatic rings. The highest BCUT2D eigenvalue weighted by Gasteiger charge is 2.08. The summed E-state index contributed by atoms with van der Waals surface area (Å²) >= 11 is 5.15. The second-order valence-electron chi connectivity index (χ2n) is 6.15. The summed E-state index contributed by atoms with van der Waals surface area (Å²) in [5.41, 5.74) is 5.56. The van der Waals surface area contributed by atoms with Crippen LogP contribution in [-0.4, -0.2) is 17.9 Å². The number of rotatable bonds is 4. The van der Waals surface area contributed by atoms with E-state index < -0.39 is 0 Å². The molecular formula is C23H18BrN3S. The van der Waals surface area contributed by atoms with Crippen LogP contribution in [0.3, 0.4) is 0 Å². The Morgan fingerprint density at radius 3 is 2.18 bits per heavy atom. The fourth-order valence-corrected chi connectivity index (χ4v) is 4.12. The molecule has 0 aliphatic carbocycles. The van der Waals surface area contributed by atoms with Crippen LogP contribution < -0.4 is 4.80 Å². The van der Waals surface area contributed by atoms with Crippen LogP contribution in [0.4, 0.5) is 0 Å². The van der Waals surface area contributed by atoms with Crippen LogP contribution >= 0.6 is 27.3 Å². The third kappa shape index (κ3) is 3.91. The van der Waals surface area contributed by atoms with Crippen LogP contribution in [0, 0.1) is 0 Å². The standard InChI is InChI=1S/C23H18BrN3S/c1-25-23-27(26-15-20-9-5-6-10-21(20)24)22(16-28-23)19-13-11-18(12-14-19)17-7-3-2-4-8-17/h2-16H,1H3/b25-23?,26-15+. The van der Waals surface area contributed by atoms with Gasteiger partial charge in [-0.1, -0.05) is 88.7 Å². The van der Waals surface area contributed by atoms with Crippen molar-refractivity contribution < 1.29 is 0 Å². The highest BCUT2D eigenvalue weighted by molar-refractivity contribution is 9.10. The molecule has 0 spiro atoms. The van der Waals surface area contributed by atoms with Crippen LogP contribution in [-0.2, 0) is 0 Å². The molecule has 138 valence electrons. The van der Waals surface area contributed by atoms with E-state index in [1.807, 2.05) is 41.2 Å². The van der Waals surface area contributed by atoms with E-state index in [0.717, 1.165) is 26.1 Å². The minimum absolute atomic E-state index is 0.852. The van der Waals surface area contributed by atoms with E-state index in [1.54, 1.807) is 18.4 Å². The molecule has 0 amide bonds. The summed E-state index contributed by atoms with van der Waals surface area (Å²) < 4.78 is 2.90.